The smallest absolute Gasteiger partial charge is 0.219 e. The zero-order chi connectivity index (χ0) is 15.0. The number of pyridine rings is 1. The molecule has 4 nitrogen and oxygen atoms in total. The number of fused-ring (bicyclic) bond motifs is 1. The first-order valence-corrected chi connectivity index (χ1v) is 7.12. The second-order valence-electron chi connectivity index (χ2n) is 5.57. The molecule has 1 aliphatic rings. The lowest BCUT2D eigenvalue weighted by atomic mass is 10.1. The van der Waals surface area contributed by atoms with E-state index in [0.717, 1.165) is 35.2 Å². The molecule has 0 bridgehead atoms. The molecule has 0 aliphatic carbocycles. The fourth-order valence-corrected chi connectivity index (χ4v) is 2.83. The van der Waals surface area contributed by atoms with Crippen LogP contribution in [-0.4, -0.2) is 34.9 Å². The van der Waals surface area contributed by atoms with Gasteiger partial charge in [-0.05, 0) is 37.6 Å². The molecule has 1 atom stereocenters. The number of likely N-dealkylation sites (tertiary alicyclic amines) is 1. The van der Waals surface area contributed by atoms with Gasteiger partial charge in [-0.25, -0.2) is 4.39 Å². The average Bonchev–Trinajstić information content (AvgIpc) is 2.88. The third-order valence-corrected chi connectivity index (χ3v) is 3.89. The van der Waals surface area contributed by atoms with Gasteiger partial charge in [-0.1, -0.05) is 0 Å². The zero-order valence-corrected chi connectivity index (χ0v) is 12.2. The summed E-state index contributed by atoms with van der Waals surface area (Å²) in [6.07, 6.45) is 0.901. The van der Waals surface area contributed by atoms with Crippen LogP contribution in [0.2, 0.25) is 0 Å². The largest absolute Gasteiger partial charge is 0.380 e. The number of rotatable bonds is 2. The van der Waals surface area contributed by atoms with Crippen molar-refractivity contribution in [3.05, 3.63) is 35.8 Å². The lowest BCUT2D eigenvalue weighted by Crippen LogP contribution is -2.29. The van der Waals surface area contributed by atoms with Gasteiger partial charge in [0.2, 0.25) is 5.91 Å². The quantitative estimate of drug-likeness (QED) is 0.923. The van der Waals surface area contributed by atoms with Gasteiger partial charge in [0.25, 0.3) is 0 Å². The maximum atomic E-state index is 13.5. The summed E-state index contributed by atoms with van der Waals surface area (Å²) in [5, 5.41) is 4.22. The number of benzene rings is 1. The molecule has 21 heavy (non-hydrogen) atoms. The van der Waals surface area contributed by atoms with Gasteiger partial charge in [0.1, 0.15) is 5.82 Å². The number of carbonyl (C=O) groups excluding carboxylic acids is 1. The Hall–Kier alpha value is -2.17. The predicted molar refractivity (Wildman–Crippen MR) is 80.7 cm³/mol. The van der Waals surface area contributed by atoms with Gasteiger partial charge in [-0.15, -0.1) is 0 Å². The van der Waals surface area contributed by atoms with Crippen molar-refractivity contribution in [2.45, 2.75) is 26.3 Å². The molecule has 1 aromatic carbocycles. The number of nitrogens with one attached hydrogen (secondary N) is 1. The van der Waals surface area contributed by atoms with Crippen LogP contribution in [0.5, 0.6) is 0 Å². The number of anilines is 1. The second-order valence-corrected chi connectivity index (χ2v) is 5.57. The van der Waals surface area contributed by atoms with E-state index < -0.39 is 0 Å². The van der Waals surface area contributed by atoms with Gasteiger partial charge >= 0.3 is 0 Å². The van der Waals surface area contributed by atoms with Crippen molar-refractivity contribution < 1.29 is 9.18 Å². The van der Waals surface area contributed by atoms with Gasteiger partial charge in [0.05, 0.1) is 5.52 Å². The van der Waals surface area contributed by atoms with Crippen molar-refractivity contribution in [3.63, 3.8) is 0 Å². The lowest BCUT2D eigenvalue weighted by molar-refractivity contribution is -0.127. The highest BCUT2D eigenvalue weighted by Gasteiger charge is 2.24. The number of hydrogen-bond donors (Lipinski definition) is 1. The third kappa shape index (κ3) is 2.82. The van der Waals surface area contributed by atoms with Crippen LogP contribution in [0, 0.1) is 12.7 Å². The maximum Gasteiger partial charge on any atom is 0.219 e. The third-order valence-electron chi connectivity index (χ3n) is 3.89. The molecule has 1 aromatic heterocycles. The van der Waals surface area contributed by atoms with E-state index in [4.69, 9.17) is 0 Å². The number of aromatic nitrogens is 1. The van der Waals surface area contributed by atoms with Crippen molar-refractivity contribution in [2.75, 3.05) is 18.4 Å². The lowest BCUT2D eigenvalue weighted by Gasteiger charge is -2.17. The summed E-state index contributed by atoms with van der Waals surface area (Å²) in [7, 11) is 0. The van der Waals surface area contributed by atoms with E-state index in [-0.39, 0.29) is 17.8 Å². The Balaban J connectivity index is 1.90. The van der Waals surface area contributed by atoms with Crippen LogP contribution in [0.1, 0.15) is 19.0 Å². The molecule has 2 heterocycles. The Labute approximate surface area is 123 Å². The van der Waals surface area contributed by atoms with E-state index in [9.17, 15) is 9.18 Å². The Kier molecular flexibility index (Phi) is 3.49. The number of halogens is 1. The molecule has 1 saturated heterocycles. The van der Waals surface area contributed by atoms with Crippen LogP contribution in [0.4, 0.5) is 10.1 Å². The molecule has 1 fully saturated rings. The Morgan fingerprint density at radius 3 is 2.95 bits per heavy atom. The van der Waals surface area contributed by atoms with Crippen LogP contribution in [0.3, 0.4) is 0 Å². The van der Waals surface area contributed by atoms with Crippen molar-refractivity contribution in [1.82, 2.24) is 9.88 Å². The molecular weight excluding hydrogens is 269 g/mol. The van der Waals surface area contributed by atoms with Crippen LogP contribution in [0.15, 0.2) is 24.3 Å². The molecule has 1 aliphatic heterocycles. The predicted octanol–water partition coefficient (Wildman–Crippen LogP) is 2.72. The Morgan fingerprint density at radius 2 is 2.24 bits per heavy atom. The summed E-state index contributed by atoms with van der Waals surface area (Å²) >= 11 is 0. The Morgan fingerprint density at radius 1 is 1.43 bits per heavy atom. The monoisotopic (exact) mass is 287 g/mol. The average molecular weight is 287 g/mol. The van der Waals surface area contributed by atoms with Crippen LogP contribution in [-0.2, 0) is 4.79 Å². The van der Waals surface area contributed by atoms with E-state index >= 15 is 0 Å². The first-order valence-electron chi connectivity index (χ1n) is 7.12. The van der Waals surface area contributed by atoms with E-state index in [2.05, 4.69) is 10.3 Å². The van der Waals surface area contributed by atoms with Crippen LogP contribution < -0.4 is 5.32 Å². The maximum absolute atomic E-state index is 13.5. The highest BCUT2D eigenvalue weighted by molar-refractivity contribution is 5.91. The first kappa shape index (κ1) is 13.8. The topological polar surface area (TPSA) is 45.2 Å². The molecular formula is C16H18FN3O. The van der Waals surface area contributed by atoms with Crippen LogP contribution >= 0.6 is 0 Å². The summed E-state index contributed by atoms with van der Waals surface area (Å²) in [4.78, 5) is 17.6. The number of hydrogen-bond acceptors (Lipinski definition) is 3. The molecule has 110 valence electrons. The fraction of sp³-hybridized carbons (Fsp3) is 0.375. The van der Waals surface area contributed by atoms with Crippen molar-refractivity contribution in [3.8, 4) is 0 Å². The molecule has 1 amide bonds. The highest BCUT2D eigenvalue weighted by Crippen LogP contribution is 2.26. The van der Waals surface area contributed by atoms with Gasteiger partial charge < -0.3 is 10.2 Å². The molecule has 1 N–H and O–H groups in total. The minimum absolute atomic E-state index is 0.0983. The number of carbonyl (C=O) groups is 1. The van der Waals surface area contributed by atoms with E-state index in [1.807, 2.05) is 17.9 Å². The molecule has 0 radical (unpaired) electrons. The minimum atomic E-state index is -0.270. The Bertz CT molecular complexity index is 701. The van der Waals surface area contributed by atoms with Crippen LogP contribution in [0.25, 0.3) is 10.9 Å². The number of aryl methyl sites for hydroxylation is 1. The molecule has 1 unspecified atom stereocenters. The standard InChI is InChI=1S/C16H18FN3O/c1-10-7-16(14-8-12(17)3-4-15(14)18-10)19-13-5-6-20(9-13)11(2)21/h3-4,7-8,13H,5-6,9H2,1-2H3,(H,18,19). The first-order chi connectivity index (χ1) is 10.0. The zero-order valence-electron chi connectivity index (χ0n) is 12.2. The molecule has 0 saturated carbocycles. The van der Waals surface area contributed by atoms with Gasteiger partial charge in [-0.3, -0.25) is 9.78 Å². The van der Waals surface area contributed by atoms with Crippen molar-refractivity contribution in [2.24, 2.45) is 0 Å². The highest BCUT2D eigenvalue weighted by atomic mass is 19.1. The minimum Gasteiger partial charge on any atom is -0.380 e. The summed E-state index contributed by atoms with van der Waals surface area (Å²) in [6, 6.07) is 6.74. The summed E-state index contributed by atoms with van der Waals surface area (Å²) < 4.78 is 13.5. The van der Waals surface area contributed by atoms with E-state index in [0.29, 0.717) is 6.54 Å². The normalized spacial score (nSPS) is 18.2. The fourth-order valence-electron chi connectivity index (χ4n) is 2.83. The summed E-state index contributed by atoms with van der Waals surface area (Å²) in [5.74, 6) is -0.172. The van der Waals surface area contributed by atoms with Crippen molar-refractivity contribution in [1.29, 1.82) is 0 Å². The van der Waals surface area contributed by atoms with E-state index in [1.54, 1.807) is 13.0 Å². The molecule has 0 spiro atoms. The van der Waals surface area contributed by atoms with E-state index in [1.165, 1.54) is 12.1 Å². The molecule has 2 aromatic rings. The summed E-state index contributed by atoms with van der Waals surface area (Å²) in [6.45, 7) is 4.96. The SMILES string of the molecule is CC(=O)N1CCC(Nc2cc(C)nc3ccc(F)cc23)C1. The van der Waals surface area contributed by atoms with Gasteiger partial charge in [0, 0.05) is 42.8 Å². The molecule has 3 rings (SSSR count). The molecule has 5 heteroatoms. The van der Waals surface area contributed by atoms with Gasteiger partial charge in [0.15, 0.2) is 0 Å². The number of amides is 1. The second kappa shape index (κ2) is 5.31. The van der Waals surface area contributed by atoms with Gasteiger partial charge in [-0.2, -0.15) is 0 Å². The summed E-state index contributed by atoms with van der Waals surface area (Å²) in [5.41, 5.74) is 2.55. The number of nitrogens with zero attached hydrogens (tertiary/aromatic N) is 2. The van der Waals surface area contributed by atoms with Crippen molar-refractivity contribution >= 4 is 22.5 Å².